The minimum atomic E-state index is 0.327. The molecule has 2 saturated heterocycles. The second kappa shape index (κ2) is 6.53. The number of nitrogens with one attached hydrogen (secondary N) is 1. The number of amides is 1. The minimum absolute atomic E-state index is 0.327. The summed E-state index contributed by atoms with van der Waals surface area (Å²) in [5.41, 5.74) is 0. The molecule has 104 valence electrons. The molecule has 2 heterocycles. The van der Waals surface area contributed by atoms with Crippen LogP contribution >= 0.6 is 0 Å². The second-order valence-corrected chi connectivity index (χ2v) is 5.73. The van der Waals surface area contributed by atoms with Gasteiger partial charge in [-0.3, -0.25) is 4.79 Å². The first-order valence-corrected chi connectivity index (χ1v) is 7.23. The van der Waals surface area contributed by atoms with Crippen molar-refractivity contribution in [3.8, 4) is 0 Å². The van der Waals surface area contributed by atoms with E-state index in [4.69, 9.17) is 4.74 Å². The molecule has 3 unspecified atom stereocenters. The number of carbonyl (C=O) groups excluding carboxylic acids is 1. The Morgan fingerprint density at radius 3 is 2.89 bits per heavy atom. The van der Waals surface area contributed by atoms with Crippen molar-refractivity contribution in [2.75, 3.05) is 26.7 Å². The van der Waals surface area contributed by atoms with Gasteiger partial charge in [-0.25, -0.2) is 0 Å². The van der Waals surface area contributed by atoms with Crippen LogP contribution in [-0.4, -0.2) is 49.7 Å². The fourth-order valence-corrected chi connectivity index (χ4v) is 3.18. The molecule has 2 aliphatic rings. The van der Waals surface area contributed by atoms with Crippen molar-refractivity contribution in [1.82, 2.24) is 10.2 Å². The fraction of sp³-hybridized carbons (Fsp3) is 0.929. The molecule has 2 aliphatic heterocycles. The van der Waals surface area contributed by atoms with Crippen molar-refractivity contribution in [2.45, 2.75) is 51.2 Å². The Balaban J connectivity index is 1.81. The number of likely N-dealkylation sites (tertiary alicyclic amines) is 1. The van der Waals surface area contributed by atoms with Crippen LogP contribution in [0.25, 0.3) is 0 Å². The second-order valence-electron chi connectivity index (χ2n) is 5.73. The first kappa shape index (κ1) is 13.8. The maximum atomic E-state index is 12.3. The van der Waals surface area contributed by atoms with Crippen LogP contribution in [0.5, 0.6) is 0 Å². The summed E-state index contributed by atoms with van der Waals surface area (Å²) in [5, 5.41) is 3.38. The Bertz CT molecular complexity index is 277. The molecule has 2 fully saturated rings. The van der Waals surface area contributed by atoms with Gasteiger partial charge in [0.2, 0.25) is 5.91 Å². The summed E-state index contributed by atoms with van der Waals surface area (Å²) in [5.74, 6) is 0.879. The van der Waals surface area contributed by atoms with Gasteiger partial charge in [0.1, 0.15) is 0 Å². The molecular weight excluding hydrogens is 228 g/mol. The Morgan fingerprint density at radius 1 is 1.44 bits per heavy atom. The van der Waals surface area contributed by atoms with Crippen molar-refractivity contribution in [2.24, 2.45) is 5.92 Å². The molecule has 0 bridgehead atoms. The topological polar surface area (TPSA) is 41.6 Å². The lowest BCUT2D eigenvalue weighted by molar-refractivity contribution is -0.137. The van der Waals surface area contributed by atoms with E-state index < -0.39 is 0 Å². The molecule has 0 saturated carbocycles. The van der Waals surface area contributed by atoms with Gasteiger partial charge in [-0.1, -0.05) is 0 Å². The van der Waals surface area contributed by atoms with Crippen LogP contribution in [0.2, 0.25) is 0 Å². The quantitative estimate of drug-likeness (QED) is 0.828. The Hall–Kier alpha value is -0.610. The van der Waals surface area contributed by atoms with E-state index in [2.05, 4.69) is 17.1 Å². The van der Waals surface area contributed by atoms with Gasteiger partial charge in [-0.15, -0.1) is 0 Å². The molecule has 18 heavy (non-hydrogen) atoms. The van der Waals surface area contributed by atoms with Gasteiger partial charge in [0.25, 0.3) is 0 Å². The third-order valence-corrected chi connectivity index (χ3v) is 4.34. The Labute approximate surface area is 110 Å². The van der Waals surface area contributed by atoms with E-state index >= 15 is 0 Å². The van der Waals surface area contributed by atoms with Gasteiger partial charge in [0.15, 0.2) is 0 Å². The highest BCUT2D eigenvalue weighted by molar-refractivity contribution is 5.77. The standard InChI is InChI=1S/C14H26N2O2/c1-11-8-13(18-2)5-7-16(11)14(17)9-12-4-3-6-15-10-12/h11-13,15H,3-10H2,1-2H3. The predicted molar refractivity (Wildman–Crippen MR) is 71.4 cm³/mol. The summed E-state index contributed by atoms with van der Waals surface area (Å²) >= 11 is 0. The maximum Gasteiger partial charge on any atom is 0.223 e. The zero-order valence-electron chi connectivity index (χ0n) is 11.7. The van der Waals surface area contributed by atoms with Crippen LogP contribution in [-0.2, 0) is 9.53 Å². The van der Waals surface area contributed by atoms with E-state index in [0.29, 0.717) is 24.0 Å². The van der Waals surface area contributed by atoms with E-state index in [1.807, 2.05) is 0 Å². The van der Waals surface area contributed by atoms with Crippen LogP contribution in [0.3, 0.4) is 0 Å². The summed E-state index contributed by atoms with van der Waals surface area (Å²) in [6.07, 6.45) is 5.41. The number of rotatable bonds is 3. The molecule has 4 heteroatoms. The number of carbonyl (C=O) groups is 1. The highest BCUT2D eigenvalue weighted by Gasteiger charge is 2.29. The molecule has 0 aromatic rings. The Kier molecular flexibility index (Phi) is 5.01. The number of piperidine rings is 2. The van der Waals surface area contributed by atoms with E-state index in [0.717, 1.165) is 38.9 Å². The van der Waals surface area contributed by atoms with Crippen LogP contribution in [0, 0.1) is 5.92 Å². The number of ether oxygens (including phenoxy) is 1. The number of nitrogens with zero attached hydrogens (tertiary/aromatic N) is 1. The summed E-state index contributed by atoms with van der Waals surface area (Å²) in [6.45, 7) is 5.12. The van der Waals surface area contributed by atoms with E-state index in [-0.39, 0.29) is 0 Å². The lowest BCUT2D eigenvalue weighted by atomic mass is 9.94. The normalized spacial score (nSPS) is 33.4. The summed E-state index contributed by atoms with van der Waals surface area (Å²) in [4.78, 5) is 14.4. The van der Waals surface area contributed by atoms with Crippen molar-refractivity contribution >= 4 is 5.91 Å². The maximum absolute atomic E-state index is 12.3. The molecular formula is C14H26N2O2. The molecule has 0 radical (unpaired) electrons. The third kappa shape index (κ3) is 3.45. The SMILES string of the molecule is COC1CCN(C(=O)CC2CCCNC2)C(C)C1. The smallest absolute Gasteiger partial charge is 0.223 e. The van der Waals surface area contributed by atoms with Gasteiger partial charge in [0, 0.05) is 26.1 Å². The van der Waals surface area contributed by atoms with E-state index in [1.165, 1.54) is 12.8 Å². The van der Waals surface area contributed by atoms with Crippen molar-refractivity contribution in [3.05, 3.63) is 0 Å². The zero-order chi connectivity index (χ0) is 13.0. The zero-order valence-corrected chi connectivity index (χ0v) is 11.7. The molecule has 4 nitrogen and oxygen atoms in total. The van der Waals surface area contributed by atoms with Gasteiger partial charge in [-0.05, 0) is 51.6 Å². The summed E-state index contributed by atoms with van der Waals surface area (Å²) < 4.78 is 5.39. The van der Waals surface area contributed by atoms with Crippen LogP contribution in [0.4, 0.5) is 0 Å². The van der Waals surface area contributed by atoms with Crippen LogP contribution in [0.1, 0.15) is 39.0 Å². The van der Waals surface area contributed by atoms with Crippen LogP contribution in [0.15, 0.2) is 0 Å². The van der Waals surface area contributed by atoms with E-state index in [9.17, 15) is 4.79 Å². The van der Waals surface area contributed by atoms with Gasteiger partial charge in [0.05, 0.1) is 6.10 Å². The van der Waals surface area contributed by atoms with Crippen LogP contribution < -0.4 is 5.32 Å². The molecule has 0 spiro atoms. The number of hydrogen-bond acceptors (Lipinski definition) is 3. The number of methoxy groups -OCH3 is 1. The minimum Gasteiger partial charge on any atom is -0.381 e. The molecule has 3 atom stereocenters. The van der Waals surface area contributed by atoms with Crippen molar-refractivity contribution < 1.29 is 9.53 Å². The van der Waals surface area contributed by atoms with E-state index in [1.54, 1.807) is 7.11 Å². The molecule has 1 N–H and O–H groups in total. The molecule has 0 aromatic heterocycles. The summed E-state index contributed by atoms with van der Waals surface area (Å²) in [6, 6.07) is 0.327. The lowest BCUT2D eigenvalue weighted by Gasteiger charge is -2.38. The highest BCUT2D eigenvalue weighted by Crippen LogP contribution is 2.22. The average Bonchev–Trinajstić information content (AvgIpc) is 2.39. The molecule has 1 amide bonds. The monoisotopic (exact) mass is 254 g/mol. The van der Waals surface area contributed by atoms with Crippen molar-refractivity contribution in [1.29, 1.82) is 0 Å². The largest absolute Gasteiger partial charge is 0.381 e. The van der Waals surface area contributed by atoms with Gasteiger partial charge >= 0.3 is 0 Å². The van der Waals surface area contributed by atoms with Gasteiger partial charge in [-0.2, -0.15) is 0 Å². The predicted octanol–water partition coefficient (Wildman–Crippen LogP) is 1.40. The first-order chi connectivity index (χ1) is 8.70. The average molecular weight is 254 g/mol. The lowest BCUT2D eigenvalue weighted by Crippen LogP contribution is -2.47. The molecule has 0 aliphatic carbocycles. The highest BCUT2D eigenvalue weighted by atomic mass is 16.5. The number of hydrogen-bond donors (Lipinski definition) is 1. The first-order valence-electron chi connectivity index (χ1n) is 7.23. The summed E-state index contributed by atoms with van der Waals surface area (Å²) in [7, 11) is 1.77. The Morgan fingerprint density at radius 2 is 2.28 bits per heavy atom. The molecule has 2 rings (SSSR count). The van der Waals surface area contributed by atoms with Gasteiger partial charge < -0.3 is 15.0 Å². The van der Waals surface area contributed by atoms with Crippen molar-refractivity contribution in [3.63, 3.8) is 0 Å². The molecule has 0 aromatic carbocycles. The third-order valence-electron chi connectivity index (χ3n) is 4.34. The fourth-order valence-electron chi connectivity index (χ4n) is 3.18.